The lowest BCUT2D eigenvalue weighted by molar-refractivity contribution is 0.0457. The number of hydrogen-bond donors (Lipinski definition) is 0. The Morgan fingerprint density at radius 2 is 1.76 bits per heavy atom. The van der Waals surface area contributed by atoms with Crippen LogP contribution in [0.1, 0.15) is 64.9 Å². The van der Waals surface area contributed by atoms with Crippen LogP contribution in [0, 0.1) is 17.3 Å². The first-order valence-corrected chi connectivity index (χ1v) is 10.1. The van der Waals surface area contributed by atoms with Crippen LogP contribution in [-0.4, -0.2) is 0 Å². The van der Waals surface area contributed by atoms with Crippen LogP contribution >= 0.6 is 0 Å². The summed E-state index contributed by atoms with van der Waals surface area (Å²) in [4.78, 5) is 0. The van der Waals surface area contributed by atoms with Crippen LogP contribution in [0.2, 0.25) is 0 Å². The van der Waals surface area contributed by atoms with Crippen molar-refractivity contribution in [3.8, 4) is 0 Å². The van der Waals surface area contributed by atoms with E-state index in [1.807, 2.05) is 0 Å². The van der Waals surface area contributed by atoms with Gasteiger partial charge in [0.2, 0.25) is 0 Å². The molecule has 0 amide bonds. The van der Waals surface area contributed by atoms with Gasteiger partial charge in [-0.1, -0.05) is 75.1 Å². The molecule has 0 radical (unpaired) electrons. The first kappa shape index (κ1) is 18.2. The van der Waals surface area contributed by atoms with E-state index in [9.17, 15) is 0 Å². The third kappa shape index (κ3) is 3.54. The van der Waals surface area contributed by atoms with Gasteiger partial charge in [-0.3, -0.25) is 0 Å². The van der Waals surface area contributed by atoms with Crippen LogP contribution in [0.15, 0.2) is 66.8 Å². The van der Waals surface area contributed by atoms with Crippen molar-refractivity contribution in [2.45, 2.75) is 64.7 Å². The van der Waals surface area contributed by atoms with Gasteiger partial charge in [-0.25, -0.2) is 0 Å². The maximum atomic E-state index is 4.12. The molecule has 0 aliphatic heterocycles. The summed E-state index contributed by atoms with van der Waals surface area (Å²) < 4.78 is 0. The van der Waals surface area contributed by atoms with Crippen molar-refractivity contribution in [1.29, 1.82) is 0 Å². The van der Waals surface area contributed by atoms with Gasteiger partial charge in [0.15, 0.2) is 0 Å². The van der Waals surface area contributed by atoms with Crippen molar-refractivity contribution in [3.05, 3.63) is 72.4 Å². The summed E-state index contributed by atoms with van der Waals surface area (Å²) in [7, 11) is 0. The molecular formula is C25H34. The van der Waals surface area contributed by atoms with Crippen molar-refractivity contribution in [2.24, 2.45) is 17.3 Å². The SMILES string of the molecule is C=C/C(=C\C=C/C)C1(C)CC2CC(C1)CC(CC)(c1ccccc1)C2. The summed E-state index contributed by atoms with van der Waals surface area (Å²) in [5, 5.41) is 0. The highest BCUT2D eigenvalue weighted by Crippen LogP contribution is 2.58. The second-order valence-corrected chi connectivity index (χ2v) is 8.70. The van der Waals surface area contributed by atoms with E-state index in [2.05, 4.69) is 82.0 Å². The van der Waals surface area contributed by atoms with Gasteiger partial charge < -0.3 is 0 Å². The van der Waals surface area contributed by atoms with E-state index in [0.717, 1.165) is 11.8 Å². The summed E-state index contributed by atoms with van der Waals surface area (Å²) in [6.45, 7) is 11.1. The van der Waals surface area contributed by atoms with Gasteiger partial charge in [0.25, 0.3) is 0 Å². The molecule has 3 rings (SSSR count). The van der Waals surface area contributed by atoms with E-state index in [0.29, 0.717) is 10.8 Å². The zero-order valence-corrected chi connectivity index (χ0v) is 16.3. The molecule has 0 saturated heterocycles. The van der Waals surface area contributed by atoms with Gasteiger partial charge in [0, 0.05) is 0 Å². The lowest BCUT2D eigenvalue weighted by Gasteiger charge is -2.53. The quantitative estimate of drug-likeness (QED) is 0.498. The maximum Gasteiger partial charge on any atom is -0.00443 e. The van der Waals surface area contributed by atoms with Crippen molar-refractivity contribution >= 4 is 0 Å². The zero-order chi connectivity index (χ0) is 17.9. The first-order chi connectivity index (χ1) is 12.0. The Bertz CT molecular complexity index is 632. The molecular weight excluding hydrogens is 300 g/mol. The number of rotatable bonds is 5. The average molecular weight is 335 g/mol. The highest BCUT2D eigenvalue weighted by Gasteiger charge is 2.48. The number of hydrogen-bond acceptors (Lipinski definition) is 0. The van der Waals surface area contributed by atoms with Crippen molar-refractivity contribution in [1.82, 2.24) is 0 Å². The van der Waals surface area contributed by atoms with Crippen LogP contribution < -0.4 is 0 Å². The molecule has 2 bridgehead atoms. The molecule has 0 spiro atoms. The van der Waals surface area contributed by atoms with Gasteiger partial charge in [-0.15, -0.1) is 0 Å². The van der Waals surface area contributed by atoms with E-state index in [1.165, 1.54) is 44.1 Å². The monoisotopic (exact) mass is 334 g/mol. The number of allylic oxidation sites excluding steroid dienone is 5. The Morgan fingerprint density at radius 1 is 1.12 bits per heavy atom. The Morgan fingerprint density at radius 3 is 2.28 bits per heavy atom. The largest absolute Gasteiger partial charge is 0.0988 e. The van der Waals surface area contributed by atoms with Crippen molar-refractivity contribution < 1.29 is 0 Å². The van der Waals surface area contributed by atoms with Crippen LogP contribution in [0.25, 0.3) is 0 Å². The minimum absolute atomic E-state index is 0.297. The Labute approximate surface area is 154 Å². The molecule has 2 fully saturated rings. The van der Waals surface area contributed by atoms with Crippen LogP contribution in [0.5, 0.6) is 0 Å². The smallest absolute Gasteiger partial charge is 0.00443 e. The normalized spacial score (nSPS) is 35.7. The van der Waals surface area contributed by atoms with E-state index >= 15 is 0 Å². The minimum atomic E-state index is 0.297. The van der Waals surface area contributed by atoms with Gasteiger partial charge in [0.05, 0.1) is 0 Å². The van der Waals surface area contributed by atoms with Gasteiger partial charge in [0.1, 0.15) is 0 Å². The molecule has 0 heterocycles. The fourth-order valence-electron chi connectivity index (χ4n) is 5.97. The molecule has 134 valence electrons. The molecule has 0 nitrogen and oxygen atoms in total. The van der Waals surface area contributed by atoms with E-state index in [-0.39, 0.29) is 0 Å². The topological polar surface area (TPSA) is 0 Å². The fraction of sp³-hybridized carbons (Fsp3) is 0.520. The predicted molar refractivity (Wildman–Crippen MR) is 110 cm³/mol. The lowest BCUT2D eigenvalue weighted by Crippen LogP contribution is -2.44. The van der Waals surface area contributed by atoms with Crippen molar-refractivity contribution in [3.63, 3.8) is 0 Å². The molecule has 2 atom stereocenters. The van der Waals surface area contributed by atoms with Gasteiger partial charge in [-0.05, 0) is 79.3 Å². The third-order valence-electron chi connectivity index (χ3n) is 6.95. The summed E-state index contributed by atoms with van der Waals surface area (Å²) in [6, 6.07) is 11.3. The zero-order valence-electron chi connectivity index (χ0n) is 16.3. The first-order valence-electron chi connectivity index (χ1n) is 10.1. The second kappa shape index (κ2) is 7.36. The third-order valence-corrected chi connectivity index (χ3v) is 6.95. The van der Waals surface area contributed by atoms with E-state index < -0.39 is 0 Å². The Kier molecular flexibility index (Phi) is 5.37. The molecule has 0 heteroatoms. The molecule has 2 aliphatic rings. The summed E-state index contributed by atoms with van der Waals surface area (Å²) in [5.41, 5.74) is 3.71. The molecule has 2 aliphatic carbocycles. The second-order valence-electron chi connectivity index (χ2n) is 8.70. The number of benzene rings is 1. The molecule has 2 unspecified atom stereocenters. The van der Waals surface area contributed by atoms with Crippen molar-refractivity contribution in [2.75, 3.05) is 0 Å². The van der Waals surface area contributed by atoms with Crippen LogP contribution in [-0.2, 0) is 5.41 Å². The Hall–Kier alpha value is -1.56. The average Bonchev–Trinajstić information content (AvgIpc) is 2.62. The molecule has 1 aromatic carbocycles. The summed E-state index contributed by atoms with van der Waals surface area (Å²) in [6.07, 6.45) is 16.7. The van der Waals surface area contributed by atoms with Gasteiger partial charge >= 0.3 is 0 Å². The molecule has 0 aromatic heterocycles. The molecule has 0 N–H and O–H groups in total. The number of fused-ring (bicyclic) bond motifs is 2. The predicted octanol–water partition coefficient (Wildman–Crippen LogP) is 7.24. The fourth-order valence-corrected chi connectivity index (χ4v) is 5.97. The summed E-state index contributed by atoms with van der Waals surface area (Å²) >= 11 is 0. The minimum Gasteiger partial charge on any atom is -0.0988 e. The highest BCUT2D eigenvalue weighted by molar-refractivity contribution is 5.32. The molecule has 25 heavy (non-hydrogen) atoms. The molecule has 1 aromatic rings. The Balaban J connectivity index is 1.87. The highest BCUT2D eigenvalue weighted by atomic mass is 14.5. The standard InChI is InChI=1S/C25H34/c1-5-8-12-22(6-2)24(4)16-20-15-21(17-24)19-25(7-3,18-20)23-13-10-9-11-14-23/h5-6,8-14,20-21H,2,7,15-19H2,1,3-4H3/b8-5-,22-12+. The van der Waals surface area contributed by atoms with Crippen LogP contribution in [0.3, 0.4) is 0 Å². The lowest BCUT2D eigenvalue weighted by atomic mass is 9.52. The van der Waals surface area contributed by atoms with E-state index in [4.69, 9.17) is 0 Å². The van der Waals surface area contributed by atoms with Gasteiger partial charge in [-0.2, -0.15) is 0 Å². The summed E-state index contributed by atoms with van der Waals surface area (Å²) in [5.74, 6) is 1.68. The molecule has 2 saturated carbocycles. The van der Waals surface area contributed by atoms with Crippen LogP contribution in [0.4, 0.5) is 0 Å². The maximum absolute atomic E-state index is 4.12. The van der Waals surface area contributed by atoms with E-state index in [1.54, 1.807) is 5.56 Å².